The summed E-state index contributed by atoms with van der Waals surface area (Å²) in [7, 11) is 0. The van der Waals surface area contributed by atoms with E-state index < -0.39 is 17.4 Å². The molecular formula is C13H17BrN2O3. The second kappa shape index (κ2) is 6.06. The smallest absolute Gasteiger partial charge is 0.329 e. The van der Waals surface area contributed by atoms with Gasteiger partial charge < -0.3 is 16.2 Å². The number of nitrogen functional groups attached to an aromatic ring is 1. The molecule has 0 saturated carbocycles. The van der Waals surface area contributed by atoms with E-state index in [0.717, 1.165) is 0 Å². The van der Waals surface area contributed by atoms with Crippen LogP contribution in [-0.4, -0.2) is 22.5 Å². The Morgan fingerprint density at radius 2 is 1.95 bits per heavy atom. The van der Waals surface area contributed by atoms with Gasteiger partial charge in [-0.05, 0) is 47.0 Å². The molecule has 0 radical (unpaired) electrons. The molecule has 0 heterocycles. The lowest BCUT2D eigenvalue weighted by molar-refractivity contribution is -0.144. The summed E-state index contributed by atoms with van der Waals surface area (Å²) in [6.07, 6.45) is 0.640. The molecule has 0 bridgehead atoms. The molecule has 6 heteroatoms. The number of halogens is 1. The Balaban J connectivity index is 3.00. The minimum absolute atomic E-state index is 0.320. The number of hydrogen-bond acceptors (Lipinski definition) is 3. The Morgan fingerprint density at radius 3 is 2.37 bits per heavy atom. The second-order valence-corrected chi connectivity index (χ2v) is 5.14. The van der Waals surface area contributed by atoms with Crippen LogP contribution >= 0.6 is 15.9 Å². The zero-order valence-electron chi connectivity index (χ0n) is 10.9. The Labute approximate surface area is 120 Å². The van der Waals surface area contributed by atoms with Gasteiger partial charge in [0, 0.05) is 15.7 Å². The van der Waals surface area contributed by atoms with Gasteiger partial charge >= 0.3 is 5.97 Å². The van der Waals surface area contributed by atoms with Crippen LogP contribution < -0.4 is 11.1 Å². The van der Waals surface area contributed by atoms with Crippen molar-refractivity contribution in [1.82, 2.24) is 5.32 Å². The number of amides is 1. The molecule has 1 amide bonds. The summed E-state index contributed by atoms with van der Waals surface area (Å²) in [6, 6.07) is 4.73. The summed E-state index contributed by atoms with van der Waals surface area (Å²) in [5.41, 5.74) is 5.30. The zero-order chi connectivity index (χ0) is 14.6. The van der Waals surface area contributed by atoms with E-state index in [-0.39, 0.29) is 0 Å². The summed E-state index contributed by atoms with van der Waals surface area (Å²) in [4.78, 5) is 23.4. The van der Waals surface area contributed by atoms with Crippen molar-refractivity contribution in [3.63, 3.8) is 0 Å². The summed E-state index contributed by atoms with van der Waals surface area (Å²) >= 11 is 3.24. The number of nitrogens with one attached hydrogen (secondary N) is 1. The molecule has 1 rings (SSSR count). The summed E-state index contributed by atoms with van der Waals surface area (Å²) in [6.45, 7) is 3.47. The van der Waals surface area contributed by atoms with Crippen molar-refractivity contribution in [2.45, 2.75) is 32.2 Å². The van der Waals surface area contributed by atoms with Crippen LogP contribution in [0.2, 0.25) is 0 Å². The summed E-state index contributed by atoms with van der Waals surface area (Å²) < 4.78 is 0.606. The summed E-state index contributed by atoms with van der Waals surface area (Å²) in [5.74, 6) is -1.45. The molecule has 19 heavy (non-hydrogen) atoms. The predicted octanol–water partition coefficient (Wildman–Crippen LogP) is 2.40. The maximum atomic E-state index is 12.1. The number of carbonyl (C=O) groups excluding carboxylic acids is 1. The number of aliphatic carboxylic acids is 1. The highest BCUT2D eigenvalue weighted by atomic mass is 79.9. The average Bonchev–Trinajstić information content (AvgIpc) is 2.38. The quantitative estimate of drug-likeness (QED) is 0.723. The van der Waals surface area contributed by atoms with Gasteiger partial charge in [-0.25, -0.2) is 4.79 Å². The molecule has 0 aliphatic carbocycles. The van der Waals surface area contributed by atoms with E-state index in [0.29, 0.717) is 28.6 Å². The molecule has 104 valence electrons. The summed E-state index contributed by atoms with van der Waals surface area (Å²) in [5, 5.41) is 11.9. The van der Waals surface area contributed by atoms with Crippen molar-refractivity contribution in [1.29, 1.82) is 0 Å². The molecule has 0 fully saturated rings. The van der Waals surface area contributed by atoms with Crippen molar-refractivity contribution < 1.29 is 14.7 Å². The molecule has 0 aliphatic rings. The number of hydrogen-bond donors (Lipinski definition) is 3. The minimum atomic E-state index is -1.23. The molecule has 4 N–H and O–H groups in total. The fourth-order valence-electron chi connectivity index (χ4n) is 1.74. The standard InChI is InChI=1S/C13H17BrN2O3/c1-3-13(4-2,12(18)19)16-11(17)8-5-6-10(15)9(14)7-8/h5-7H,3-4,15H2,1-2H3,(H,16,17)(H,18,19). The van der Waals surface area contributed by atoms with Gasteiger partial charge in [0.2, 0.25) is 0 Å². The van der Waals surface area contributed by atoms with Gasteiger partial charge in [0.15, 0.2) is 0 Å². The molecule has 0 aromatic heterocycles. The normalized spacial score (nSPS) is 11.1. The minimum Gasteiger partial charge on any atom is -0.480 e. The number of carboxylic acid groups (broad SMARTS) is 1. The van der Waals surface area contributed by atoms with E-state index in [1.54, 1.807) is 32.0 Å². The Kier molecular flexibility index (Phi) is 4.94. The third-order valence-corrected chi connectivity index (χ3v) is 3.92. The molecule has 0 spiro atoms. The number of nitrogens with two attached hydrogens (primary N) is 1. The van der Waals surface area contributed by atoms with Crippen LogP contribution in [0.1, 0.15) is 37.0 Å². The first-order valence-corrected chi connectivity index (χ1v) is 6.76. The van der Waals surface area contributed by atoms with Crippen LogP contribution in [-0.2, 0) is 4.79 Å². The van der Waals surface area contributed by atoms with Crippen molar-refractivity contribution in [3.8, 4) is 0 Å². The Bertz CT molecular complexity index is 499. The fraction of sp³-hybridized carbons (Fsp3) is 0.385. The predicted molar refractivity (Wildman–Crippen MR) is 77.0 cm³/mol. The molecule has 1 aromatic carbocycles. The third-order valence-electron chi connectivity index (χ3n) is 3.23. The third kappa shape index (κ3) is 3.26. The Hall–Kier alpha value is -1.56. The molecule has 0 aliphatic heterocycles. The molecule has 0 saturated heterocycles. The topological polar surface area (TPSA) is 92.4 Å². The van der Waals surface area contributed by atoms with Crippen LogP contribution in [0.5, 0.6) is 0 Å². The van der Waals surface area contributed by atoms with Crippen LogP contribution in [0.4, 0.5) is 5.69 Å². The monoisotopic (exact) mass is 328 g/mol. The van der Waals surface area contributed by atoms with Gasteiger partial charge in [-0.1, -0.05) is 13.8 Å². The zero-order valence-corrected chi connectivity index (χ0v) is 12.5. The van der Waals surface area contributed by atoms with E-state index in [9.17, 15) is 14.7 Å². The van der Waals surface area contributed by atoms with E-state index >= 15 is 0 Å². The van der Waals surface area contributed by atoms with E-state index in [2.05, 4.69) is 21.2 Å². The van der Waals surface area contributed by atoms with Gasteiger partial charge in [-0.15, -0.1) is 0 Å². The number of benzene rings is 1. The van der Waals surface area contributed by atoms with E-state index in [1.165, 1.54) is 0 Å². The van der Waals surface area contributed by atoms with Crippen LogP contribution in [0, 0.1) is 0 Å². The van der Waals surface area contributed by atoms with Crippen molar-refractivity contribution in [2.75, 3.05) is 5.73 Å². The Morgan fingerprint density at radius 1 is 1.37 bits per heavy atom. The number of anilines is 1. The maximum absolute atomic E-state index is 12.1. The number of carbonyl (C=O) groups is 2. The SMILES string of the molecule is CCC(CC)(NC(=O)c1ccc(N)c(Br)c1)C(=O)O. The van der Waals surface area contributed by atoms with Crippen molar-refractivity contribution in [3.05, 3.63) is 28.2 Å². The van der Waals surface area contributed by atoms with Gasteiger partial charge in [0.05, 0.1) is 0 Å². The lowest BCUT2D eigenvalue weighted by atomic mass is 9.92. The van der Waals surface area contributed by atoms with E-state index in [1.807, 2.05) is 0 Å². The molecule has 1 aromatic rings. The molecule has 0 atom stereocenters. The van der Waals surface area contributed by atoms with Crippen LogP contribution in [0.15, 0.2) is 22.7 Å². The number of carboxylic acids is 1. The van der Waals surface area contributed by atoms with Gasteiger partial charge in [0.1, 0.15) is 5.54 Å². The molecular weight excluding hydrogens is 312 g/mol. The second-order valence-electron chi connectivity index (χ2n) is 4.28. The van der Waals surface area contributed by atoms with E-state index in [4.69, 9.17) is 5.73 Å². The highest BCUT2D eigenvalue weighted by molar-refractivity contribution is 9.10. The average molecular weight is 329 g/mol. The lowest BCUT2D eigenvalue weighted by Gasteiger charge is -2.28. The first-order chi connectivity index (χ1) is 8.86. The maximum Gasteiger partial charge on any atom is 0.329 e. The van der Waals surface area contributed by atoms with Crippen molar-refractivity contribution >= 4 is 33.5 Å². The molecule has 0 unspecified atom stereocenters. The first-order valence-electron chi connectivity index (χ1n) is 5.97. The van der Waals surface area contributed by atoms with Crippen molar-refractivity contribution in [2.24, 2.45) is 0 Å². The lowest BCUT2D eigenvalue weighted by Crippen LogP contribution is -2.53. The first kappa shape index (κ1) is 15.5. The highest BCUT2D eigenvalue weighted by Gasteiger charge is 2.36. The largest absolute Gasteiger partial charge is 0.480 e. The van der Waals surface area contributed by atoms with Crippen LogP contribution in [0.3, 0.4) is 0 Å². The van der Waals surface area contributed by atoms with Gasteiger partial charge in [0.25, 0.3) is 5.91 Å². The van der Waals surface area contributed by atoms with Gasteiger partial charge in [-0.2, -0.15) is 0 Å². The fourth-order valence-corrected chi connectivity index (χ4v) is 2.12. The van der Waals surface area contributed by atoms with Gasteiger partial charge in [-0.3, -0.25) is 4.79 Å². The number of rotatable bonds is 5. The molecule has 5 nitrogen and oxygen atoms in total. The van der Waals surface area contributed by atoms with Crippen LogP contribution in [0.25, 0.3) is 0 Å². The highest BCUT2D eigenvalue weighted by Crippen LogP contribution is 2.22.